The third-order valence-corrected chi connectivity index (χ3v) is 7.60. The molecular formula is C30H35N7O3. The highest BCUT2D eigenvalue weighted by atomic mass is 16.5. The van der Waals surface area contributed by atoms with E-state index in [1.807, 2.05) is 37.2 Å². The van der Waals surface area contributed by atoms with Crippen molar-refractivity contribution in [2.45, 2.75) is 24.9 Å². The lowest BCUT2D eigenvalue weighted by Gasteiger charge is -2.42. The van der Waals surface area contributed by atoms with Crippen LogP contribution >= 0.6 is 0 Å². The largest absolute Gasteiger partial charge is 0.508 e. The van der Waals surface area contributed by atoms with Crippen molar-refractivity contribution in [3.63, 3.8) is 0 Å². The van der Waals surface area contributed by atoms with Crippen LogP contribution < -0.4 is 19.9 Å². The summed E-state index contributed by atoms with van der Waals surface area (Å²) < 4.78 is 6.01. The second-order valence-corrected chi connectivity index (χ2v) is 10.6. The number of nitrogens with one attached hydrogen (secondary N) is 1. The van der Waals surface area contributed by atoms with E-state index in [2.05, 4.69) is 33.8 Å². The number of phenolic OH excluding ortho intramolecular Hbond substituents is 1. The molecule has 2 aliphatic rings. The number of nitrogens with zero attached hydrogens (tertiary/aromatic N) is 6. The van der Waals surface area contributed by atoms with Gasteiger partial charge in [0, 0.05) is 55.4 Å². The number of ether oxygens (including phenoxy) is 1. The fourth-order valence-corrected chi connectivity index (χ4v) is 5.55. The lowest BCUT2D eigenvalue weighted by Crippen LogP contribution is -2.64. The zero-order valence-corrected chi connectivity index (χ0v) is 23.1. The SMILES string of the molecule is C=CC(=O)[C@]1(CC#N)CN(c2nc(OCCN(C)C)nc3c2CCN(c2cc(O)cc4ccccc24)C3)CCN1. The van der Waals surface area contributed by atoms with Crippen molar-refractivity contribution in [1.29, 1.82) is 5.26 Å². The topological polar surface area (TPSA) is 118 Å². The molecule has 2 aliphatic heterocycles. The average molecular weight is 542 g/mol. The number of anilines is 2. The maximum absolute atomic E-state index is 12.9. The van der Waals surface area contributed by atoms with Crippen LogP contribution in [-0.2, 0) is 17.8 Å². The summed E-state index contributed by atoms with van der Waals surface area (Å²) in [5.41, 5.74) is 1.77. The van der Waals surface area contributed by atoms with Crippen LogP contribution in [0.15, 0.2) is 49.1 Å². The van der Waals surface area contributed by atoms with Gasteiger partial charge < -0.3 is 29.9 Å². The minimum Gasteiger partial charge on any atom is -0.508 e. The molecule has 5 rings (SSSR count). The first-order valence-corrected chi connectivity index (χ1v) is 13.5. The number of nitriles is 1. The molecule has 0 amide bonds. The highest BCUT2D eigenvalue weighted by molar-refractivity contribution is 5.98. The van der Waals surface area contributed by atoms with Crippen LogP contribution in [0.5, 0.6) is 11.8 Å². The van der Waals surface area contributed by atoms with Gasteiger partial charge in [0.1, 0.15) is 23.7 Å². The summed E-state index contributed by atoms with van der Waals surface area (Å²) in [5.74, 6) is 0.758. The molecule has 1 fully saturated rings. The molecule has 0 spiro atoms. The van der Waals surface area contributed by atoms with Gasteiger partial charge in [-0.2, -0.15) is 15.2 Å². The van der Waals surface area contributed by atoms with E-state index in [1.54, 1.807) is 12.1 Å². The van der Waals surface area contributed by atoms with Gasteiger partial charge in [-0.25, -0.2) is 0 Å². The Balaban J connectivity index is 1.53. The van der Waals surface area contributed by atoms with Gasteiger partial charge in [0.2, 0.25) is 0 Å². The fraction of sp³-hybridized carbons (Fsp3) is 0.400. The van der Waals surface area contributed by atoms with Gasteiger partial charge in [0.25, 0.3) is 0 Å². The molecular weight excluding hydrogens is 506 g/mol. The summed E-state index contributed by atoms with van der Waals surface area (Å²) in [4.78, 5) is 28.9. The predicted octanol–water partition coefficient (Wildman–Crippen LogP) is 2.66. The Kier molecular flexibility index (Phi) is 7.87. The monoisotopic (exact) mass is 541 g/mol. The first-order valence-electron chi connectivity index (χ1n) is 13.5. The van der Waals surface area contributed by atoms with Crippen LogP contribution in [-0.4, -0.2) is 84.7 Å². The quantitative estimate of drug-likeness (QED) is 0.392. The molecule has 0 saturated carbocycles. The van der Waals surface area contributed by atoms with Gasteiger partial charge in [0.15, 0.2) is 5.78 Å². The number of phenols is 1. The molecule has 0 radical (unpaired) electrons. The van der Waals surface area contributed by atoms with E-state index in [9.17, 15) is 15.2 Å². The molecule has 10 heteroatoms. The maximum atomic E-state index is 12.9. The van der Waals surface area contributed by atoms with Gasteiger partial charge in [-0.05, 0) is 38.0 Å². The Hall–Kier alpha value is -4.20. The van der Waals surface area contributed by atoms with Crippen LogP contribution in [0.1, 0.15) is 17.7 Å². The van der Waals surface area contributed by atoms with E-state index < -0.39 is 5.54 Å². The number of benzene rings is 2. The van der Waals surface area contributed by atoms with Crippen LogP contribution in [0, 0.1) is 11.3 Å². The van der Waals surface area contributed by atoms with E-state index in [0.29, 0.717) is 52.3 Å². The molecule has 3 aromatic rings. The van der Waals surface area contributed by atoms with Gasteiger partial charge in [-0.3, -0.25) is 4.79 Å². The van der Waals surface area contributed by atoms with Crippen molar-refractivity contribution in [2.24, 2.45) is 0 Å². The molecule has 1 aromatic heterocycles. The molecule has 0 bridgehead atoms. The lowest BCUT2D eigenvalue weighted by molar-refractivity contribution is -0.120. The van der Waals surface area contributed by atoms with Crippen LogP contribution in [0.25, 0.3) is 10.8 Å². The van der Waals surface area contributed by atoms with Crippen molar-refractivity contribution >= 4 is 28.1 Å². The van der Waals surface area contributed by atoms with E-state index in [0.717, 1.165) is 33.5 Å². The summed E-state index contributed by atoms with van der Waals surface area (Å²) in [6, 6.07) is 14.1. The molecule has 10 nitrogen and oxygen atoms in total. The van der Waals surface area contributed by atoms with Gasteiger partial charge in [-0.15, -0.1) is 0 Å². The first-order chi connectivity index (χ1) is 19.3. The third-order valence-electron chi connectivity index (χ3n) is 7.60. The van der Waals surface area contributed by atoms with Crippen molar-refractivity contribution in [1.82, 2.24) is 20.2 Å². The zero-order chi connectivity index (χ0) is 28.3. The second-order valence-electron chi connectivity index (χ2n) is 10.6. The Morgan fingerprint density at radius 3 is 2.88 bits per heavy atom. The Labute approximate surface area is 234 Å². The minimum absolute atomic E-state index is 0.0339. The summed E-state index contributed by atoms with van der Waals surface area (Å²) in [6.07, 6.45) is 2.00. The number of aromatic hydroxyl groups is 1. The van der Waals surface area contributed by atoms with E-state index in [-0.39, 0.29) is 24.0 Å². The van der Waals surface area contributed by atoms with E-state index in [4.69, 9.17) is 14.7 Å². The van der Waals surface area contributed by atoms with Gasteiger partial charge in [0.05, 0.1) is 24.7 Å². The van der Waals surface area contributed by atoms with E-state index >= 15 is 0 Å². The van der Waals surface area contributed by atoms with Crippen molar-refractivity contribution in [2.75, 3.05) is 63.2 Å². The highest BCUT2D eigenvalue weighted by Gasteiger charge is 2.42. The number of carbonyl (C=O) groups excluding carboxylic acids is 1. The minimum atomic E-state index is -1.04. The number of fused-ring (bicyclic) bond motifs is 2. The first kappa shape index (κ1) is 27.4. The molecule has 1 saturated heterocycles. The number of rotatable bonds is 9. The summed E-state index contributed by atoms with van der Waals surface area (Å²) >= 11 is 0. The third kappa shape index (κ3) is 5.43. The Bertz CT molecular complexity index is 1470. The molecule has 208 valence electrons. The molecule has 3 heterocycles. The van der Waals surface area contributed by atoms with Crippen LogP contribution in [0.3, 0.4) is 0 Å². The molecule has 0 unspecified atom stereocenters. The molecule has 40 heavy (non-hydrogen) atoms. The number of hydrogen-bond acceptors (Lipinski definition) is 10. The smallest absolute Gasteiger partial charge is 0.318 e. The summed E-state index contributed by atoms with van der Waals surface area (Å²) in [6.45, 7) is 7.48. The summed E-state index contributed by atoms with van der Waals surface area (Å²) in [5, 5.41) is 25.3. The van der Waals surface area contributed by atoms with Gasteiger partial charge >= 0.3 is 6.01 Å². The average Bonchev–Trinajstić information content (AvgIpc) is 2.95. The van der Waals surface area contributed by atoms with Crippen LogP contribution in [0.4, 0.5) is 11.5 Å². The maximum Gasteiger partial charge on any atom is 0.318 e. The fourth-order valence-electron chi connectivity index (χ4n) is 5.55. The standard InChI is InChI=1S/C30H35N7O3/c1-4-27(39)30(10-11-31)20-37(14-12-32-30)28-24-9-13-36(19-25(24)33-29(34-28)40-16-15-35(2)3)26-18-22(38)17-21-7-5-6-8-23(21)26/h4-8,17-18,32,38H,1,9-10,12-16,19-20H2,2-3H3/t30-/m0/s1. The zero-order valence-electron chi connectivity index (χ0n) is 23.1. The van der Waals surface area contributed by atoms with Crippen molar-refractivity contribution < 1.29 is 14.6 Å². The summed E-state index contributed by atoms with van der Waals surface area (Å²) in [7, 11) is 3.96. The number of aromatic nitrogens is 2. The number of ketones is 1. The molecule has 2 N–H and O–H groups in total. The number of carbonyl (C=O) groups is 1. The van der Waals surface area contributed by atoms with Crippen molar-refractivity contribution in [3.05, 3.63) is 60.3 Å². The molecule has 0 aliphatic carbocycles. The van der Waals surface area contributed by atoms with Gasteiger partial charge in [-0.1, -0.05) is 30.8 Å². The Morgan fingerprint density at radius 1 is 1.27 bits per heavy atom. The highest BCUT2D eigenvalue weighted by Crippen LogP contribution is 2.37. The lowest BCUT2D eigenvalue weighted by atomic mass is 9.87. The second kappa shape index (κ2) is 11.5. The number of likely N-dealkylation sites (N-methyl/N-ethyl adjacent to an activating group) is 1. The molecule has 1 atom stereocenters. The normalized spacial score (nSPS) is 18.9. The molecule has 2 aromatic carbocycles. The number of piperazine rings is 1. The van der Waals surface area contributed by atoms with Crippen LogP contribution in [0.2, 0.25) is 0 Å². The predicted molar refractivity (Wildman–Crippen MR) is 155 cm³/mol. The van der Waals surface area contributed by atoms with E-state index in [1.165, 1.54) is 6.08 Å². The Morgan fingerprint density at radius 2 is 2.10 bits per heavy atom. The van der Waals surface area contributed by atoms with Crippen molar-refractivity contribution in [3.8, 4) is 17.8 Å². The number of hydrogen-bond donors (Lipinski definition) is 2.